The zero-order chi connectivity index (χ0) is 21.8. The summed E-state index contributed by atoms with van der Waals surface area (Å²) < 4.78 is 6.00. The molecule has 0 atom stereocenters. The Labute approximate surface area is 190 Å². The molecule has 2 aromatic heterocycles. The van der Waals surface area contributed by atoms with Crippen LogP contribution < -0.4 is 5.32 Å². The Hall–Kier alpha value is -2.93. The second-order valence-corrected chi connectivity index (χ2v) is 9.20. The fourth-order valence-electron chi connectivity index (χ4n) is 3.25. The van der Waals surface area contributed by atoms with Crippen molar-refractivity contribution in [3.05, 3.63) is 87.3 Å². The van der Waals surface area contributed by atoms with Gasteiger partial charge in [0.25, 0.3) is 5.91 Å². The highest BCUT2D eigenvalue weighted by Gasteiger charge is 2.12. The van der Waals surface area contributed by atoms with Crippen molar-refractivity contribution in [3.63, 3.8) is 0 Å². The molecule has 4 aromatic rings. The van der Waals surface area contributed by atoms with E-state index in [1.807, 2.05) is 18.2 Å². The molecule has 7 heteroatoms. The molecule has 4 rings (SSSR count). The van der Waals surface area contributed by atoms with Crippen molar-refractivity contribution in [1.29, 1.82) is 0 Å². The van der Waals surface area contributed by atoms with Crippen LogP contribution in [-0.4, -0.2) is 30.1 Å². The fraction of sp³-hybridized carbons (Fsp3) is 0.167. The minimum Gasteiger partial charge on any atom is -0.359 e. The van der Waals surface area contributed by atoms with Crippen LogP contribution in [0.25, 0.3) is 22.4 Å². The van der Waals surface area contributed by atoms with Crippen LogP contribution in [0, 0.1) is 0 Å². The van der Waals surface area contributed by atoms with Gasteiger partial charge in [-0.05, 0) is 49.0 Å². The van der Waals surface area contributed by atoms with Gasteiger partial charge in [-0.2, -0.15) is 0 Å². The number of nitrogens with one attached hydrogen (secondary N) is 1. The van der Waals surface area contributed by atoms with Gasteiger partial charge >= 0.3 is 0 Å². The van der Waals surface area contributed by atoms with Gasteiger partial charge in [0.15, 0.2) is 5.76 Å². The predicted octanol–water partition coefficient (Wildman–Crippen LogP) is 5.72. The highest BCUT2D eigenvalue weighted by molar-refractivity contribution is 7.17. The number of rotatable bonds is 7. The van der Waals surface area contributed by atoms with Crippen LogP contribution in [-0.2, 0) is 13.1 Å². The molecule has 31 heavy (non-hydrogen) atoms. The van der Waals surface area contributed by atoms with Crippen LogP contribution >= 0.6 is 22.9 Å². The SMILES string of the molecule is CN(C)Cc1ccc(-c2cccc(-c3cc(CNC(=O)c4ccc(Cl)s4)on3)c2)cc1. The van der Waals surface area contributed by atoms with E-state index in [4.69, 9.17) is 16.1 Å². The van der Waals surface area contributed by atoms with Gasteiger partial charge in [-0.3, -0.25) is 4.79 Å². The summed E-state index contributed by atoms with van der Waals surface area (Å²) in [6, 6.07) is 22.0. The summed E-state index contributed by atoms with van der Waals surface area (Å²) in [5.41, 5.74) is 5.23. The van der Waals surface area contributed by atoms with E-state index in [-0.39, 0.29) is 12.5 Å². The number of nitrogens with zero attached hydrogens (tertiary/aromatic N) is 2. The van der Waals surface area contributed by atoms with Crippen molar-refractivity contribution in [2.45, 2.75) is 13.1 Å². The molecule has 0 aliphatic rings. The molecule has 0 aliphatic heterocycles. The quantitative estimate of drug-likeness (QED) is 0.390. The highest BCUT2D eigenvalue weighted by atomic mass is 35.5. The minimum atomic E-state index is -0.186. The molecule has 0 saturated heterocycles. The van der Waals surface area contributed by atoms with Crippen molar-refractivity contribution in [2.24, 2.45) is 0 Å². The monoisotopic (exact) mass is 451 g/mol. The highest BCUT2D eigenvalue weighted by Crippen LogP contribution is 2.27. The third-order valence-corrected chi connectivity index (χ3v) is 5.95. The first-order chi connectivity index (χ1) is 15.0. The number of benzene rings is 2. The van der Waals surface area contributed by atoms with Crippen molar-refractivity contribution in [1.82, 2.24) is 15.4 Å². The average Bonchev–Trinajstić information content (AvgIpc) is 3.41. The largest absolute Gasteiger partial charge is 0.359 e. The Kier molecular flexibility index (Phi) is 6.51. The van der Waals surface area contributed by atoms with Gasteiger partial charge < -0.3 is 14.7 Å². The first-order valence-electron chi connectivity index (χ1n) is 9.81. The first-order valence-corrected chi connectivity index (χ1v) is 11.0. The van der Waals surface area contributed by atoms with E-state index in [9.17, 15) is 4.79 Å². The maximum Gasteiger partial charge on any atom is 0.261 e. The maximum absolute atomic E-state index is 12.2. The lowest BCUT2D eigenvalue weighted by molar-refractivity contribution is 0.0951. The standard InChI is InChI=1S/C24H22ClN3O2S/c1-28(2)15-16-6-8-17(9-7-16)18-4-3-5-19(12-18)21-13-20(30-27-21)14-26-24(29)22-10-11-23(25)31-22/h3-13H,14-15H2,1-2H3,(H,26,29). The van der Waals surface area contributed by atoms with Crippen LogP contribution in [0.4, 0.5) is 0 Å². The zero-order valence-corrected chi connectivity index (χ0v) is 18.8. The number of carbonyl (C=O) groups excluding carboxylic acids is 1. The molecule has 0 saturated carbocycles. The van der Waals surface area contributed by atoms with Crippen LogP contribution in [0.2, 0.25) is 4.34 Å². The fourth-order valence-corrected chi connectivity index (χ4v) is 4.21. The number of halogens is 1. The molecule has 0 bridgehead atoms. The Morgan fingerprint density at radius 2 is 1.81 bits per heavy atom. The number of carbonyl (C=O) groups is 1. The molecule has 2 aromatic carbocycles. The van der Waals surface area contributed by atoms with Crippen LogP contribution in [0.15, 0.2) is 71.3 Å². The van der Waals surface area contributed by atoms with Crippen LogP contribution in [0.3, 0.4) is 0 Å². The summed E-state index contributed by atoms with van der Waals surface area (Å²) in [6.45, 7) is 1.17. The summed E-state index contributed by atoms with van der Waals surface area (Å²) in [5.74, 6) is 0.402. The lowest BCUT2D eigenvalue weighted by Gasteiger charge is -2.10. The summed E-state index contributed by atoms with van der Waals surface area (Å²) in [7, 11) is 4.12. The van der Waals surface area contributed by atoms with Gasteiger partial charge in [0.05, 0.1) is 15.8 Å². The smallest absolute Gasteiger partial charge is 0.261 e. The lowest BCUT2D eigenvalue weighted by Crippen LogP contribution is -2.21. The third-order valence-electron chi connectivity index (χ3n) is 4.72. The van der Waals surface area contributed by atoms with Gasteiger partial charge in [0.2, 0.25) is 0 Å². The van der Waals surface area contributed by atoms with E-state index in [0.717, 1.165) is 28.9 Å². The second kappa shape index (κ2) is 9.47. The molecule has 1 amide bonds. The van der Waals surface area contributed by atoms with Gasteiger partial charge in [-0.15, -0.1) is 11.3 Å². The van der Waals surface area contributed by atoms with E-state index >= 15 is 0 Å². The number of hydrogen-bond donors (Lipinski definition) is 1. The van der Waals surface area contributed by atoms with Gasteiger partial charge in [0, 0.05) is 18.2 Å². The first kappa shape index (κ1) is 21.3. The van der Waals surface area contributed by atoms with Crippen molar-refractivity contribution in [2.75, 3.05) is 14.1 Å². The normalized spacial score (nSPS) is 11.1. The number of aromatic nitrogens is 1. The number of amides is 1. The Balaban J connectivity index is 1.44. The van der Waals surface area contributed by atoms with E-state index in [1.54, 1.807) is 12.1 Å². The summed E-state index contributed by atoms with van der Waals surface area (Å²) >= 11 is 7.13. The van der Waals surface area contributed by atoms with Crippen molar-refractivity contribution in [3.8, 4) is 22.4 Å². The van der Waals surface area contributed by atoms with E-state index in [0.29, 0.717) is 15.0 Å². The Morgan fingerprint density at radius 1 is 1.03 bits per heavy atom. The second-order valence-electron chi connectivity index (χ2n) is 7.48. The van der Waals surface area contributed by atoms with Crippen molar-refractivity contribution < 1.29 is 9.32 Å². The van der Waals surface area contributed by atoms with Crippen molar-refractivity contribution >= 4 is 28.8 Å². The Bertz CT molecular complexity index is 1180. The third kappa shape index (κ3) is 5.41. The molecule has 0 fully saturated rings. The zero-order valence-electron chi connectivity index (χ0n) is 17.3. The van der Waals surface area contributed by atoms with E-state index in [2.05, 4.69) is 65.9 Å². The number of hydrogen-bond acceptors (Lipinski definition) is 5. The molecule has 0 radical (unpaired) electrons. The number of thiophene rings is 1. The lowest BCUT2D eigenvalue weighted by atomic mass is 10.0. The molecular formula is C24H22ClN3O2S. The molecule has 158 valence electrons. The summed E-state index contributed by atoms with van der Waals surface area (Å²) in [4.78, 5) is 14.9. The molecule has 1 N–H and O–H groups in total. The molecule has 2 heterocycles. The summed E-state index contributed by atoms with van der Waals surface area (Å²) in [5, 5.41) is 7.00. The Morgan fingerprint density at radius 3 is 2.52 bits per heavy atom. The average molecular weight is 452 g/mol. The molecule has 0 aliphatic carbocycles. The molecule has 0 unspecified atom stereocenters. The van der Waals surface area contributed by atoms with Gasteiger partial charge in [-0.1, -0.05) is 59.2 Å². The molecule has 0 spiro atoms. The van der Waals surface area contributed by atoms with Crippen LogP contribution in [0.5, 0.6) is 0 Å². The molecule has 5 nitrogen and oxygen atoms in total. The van der Waals surface area contributed by atoms with Gasteiger partial charge in [0.1, 0.15) is 5.69 Å². The summed E-state index contributed by atoms with van der Waals surface area (Å²) in [6.07, 6.45) is 0. The van der Waals surface area contributed by atoms with E-state index < -0.39 is 0 Å². The van der Waals surface area contributed by atoms with Crippen LogP contribution in [0.1, 0.15) is 21.0 Å². The van der Waals surface area contributed by atoms with Gasteiger partial charge in [-0.25, -0.2) is 0 Å². The van der Waals surface area contributed by atoms with E-state index in [1.165, 1.54) is 16.9 Å². The minimum absolute atomic E-state index is 0.186. The maximum atomic E-state index is 12.2. The topological polar surface area (TPSA) is 58.4 Å². The molecular weight excluding hydrogens is 430 g/mol. The predicted molar refractivity (Wildman–Crippen MR) is 125 cm³/mol.